The van der Waals surface area contributed by atoms with Gasteiger partial charge in [-0.15, -0.1) is 0 Å². The number of pyridine rings is 2. The zero-order chi connectivity index (χ0) is 19.3. The van der Waals surface area contributed by atoms with Crippen LogP contribution in [0.15, 0.2) is 67.3 Å². The molecule has 1 aromatic carbocycles. The number of hydrogen-bond acceptors (Lipinski definition) is 6. The Morgan fingerprint density at radius 2 is 1.64 bits per heavy atom. The molecule has 1 aliphatic heterocycles. The van der Waals surface area contributed by atoms with Crippen molar-refractivity contribution in [3.63, 3.8) is 0 Å². The number of primary amides is 1. The van der Waals surface area contributed by atoms with Gasteiger partial charge in [-0.05, 0) is 41.0 Å². The van der Waals surface area contributed by atoms with E-state index in [4.69, 9.17) is 15.2 Å². The lowest BCUT2D eigenvalue weighted by atomic mass is 10.0. The molecule has 0 fully saturated rings. The van der Waals surface area contributed by atoms with Gasteiger partial charge in [0.05, 0.1) is 0 Å². The number of nitrogens with two attached hydrogens (primary N) is 1. The minimum Gasteiger partial charge on any atom is -0.454 e. The first-order valence-electron chi connectivity index (χ1n) is 8.91. The molecule has 4 rings (SSSR count). The molecule has 1 atom stereocenters. The second-order valence-corrected chi connectivity index (χ2v) is 6.55. The summed E-state index contributed by atoms with van der Waals surface area (Å²) in [5, 5.41) is 0. The summed E-state index contributed by atoms with van der Waals surface area (Å²) in [5.41, 5.74) is 8.56. The predicted molar refractivity (Wildman–Crippen MR) is 102 cm³/mol. The molecule has 1 amide bonds. The zero-order valence-electron chi connectivity index (χ0n) is 15.2. The summed E-state index contributed by atoms with van der Waals surface area (Å²) in [7, 11) is 0. The van der Waals surface area contributed by atoms with E-state index in [1.54, 1.807) is 30.9 Å². The maximum absolute atomic E-state index is 12.5. The van der Waals surface area contributed by atoms with Gasteiger partial charge in [0.15, 0.2) is 11.5 Å². The van der Waals surface area contributed by atoms with Gasteiger partial charge in [0, 0.05) is 37.9 Å². The molecule has 0 aliphatic carbocycles. The van der Waals surface area contributed by atoms with E-state index in [2.05, 4.69) is 9.97 Å². The average molecular weight is 376 g/mol. The van der Waals surface area contributed by atoms with E-state index in [0.717, 1.165) is 16.7 Å². The Labute approximate surface area is 162 Å². The van der Waals surface area contributed by atoms with Crippen molar-refractivity contribution in [3.8, 4) is 11.5 Å². The number of rotatable bonds is 7. The summed E-state index contributed by atoms with van der Waals surface area (Å²) in [6, 6.07) is 12.5. The monoisotopic (exact) mass is 376 g/mol. The minimum atomic E-state index is -0.644. The van der Waals surface area contributed by atoms with Crippen LogP contribution in [0.3, 0.4) is 0 Å². The van der Waals surface area contributed by atoms with E-state index < -0.39 is 11.9 Å². The van der Waals surface area contributed by atoms with Crippen LogP contribution in [0.5, 0.6) is 11.5 Å². The molecule has 3 aromatic rings. The maximum Gasteiger partial charge on any atom is 0.239 e. The van der Waals surface area contributed by atoms with Gasteiger partial charge in [-0.2, -0.15) is 0 Å². The van der Waals surface area contributed by atoms with Crippen molar-refractivity contribution in [3.05, 3.63) is 83.9 Å². The number of ether oxygens (including phenoxy) is 2. The van der Waals surface area contributed by atoms with E-state index in [9.17, 15) is 4.79 Å². The molecule has 2 N–H and O–H groups in total. The SMILES string of the molecule is NC(=O)C(c1ccc2c(c1)OCO2)N(Cc1cccnc1)Cc1cccnc1. The van der Waals surface area contributed by atoms with Gasteiger partial charge in [-0.1, -0.05) is 18.2 Å². The van der Waals surface area contributed by atoms with Crippen molar-refractivity contribution in [2.75, 3.05) is 6.79 Å². The summed E-state index contributed by atoms with van der Waals surface area (Å²) in [5.74, 6) is 0.844. The number of carbonyl (C=O) groups is 1. The lowest BCUT2D eigenvalue weighted by Crippen LogP contribution is -2.37. The molecular weight excluding hydrogens is 356 g/mol. The Balaban J connectivity index is 1.69. The molecular formula is C21H20N4O3. The summed E-state index contributed by atoms with van der Waals surface area (Å²) in [6.45, 7) is 1.19. The molecule has 0 radical (unpaired) electrons. The van der Waals surface area contributed by atoms with E-state index in [1.165, 1.54) is 0 Å². The normalized spacial score (nSPS) is 13.5. The van der Waals surface area contributed by atoms with Gasteiger partial charge >= 0.3 is 0 Å². The fourth-order valence-electron chi connectivity index (χ4n) is 3.33. The number of benzene rings is 1. The van der Waals surface area contributed by atoms with E-state index in [1.807, 2.05) is 41.3 Å². The van der Waals surface area contributed by atoms with Crippen LogP contribution >= 0.6 is 0 Å². The van der Waals surface area contributed by atoms with Crippen LogP contribution in [0.2, 0.25) is 0 Å². The van der Waals surface area contributed by atoms with Crippen LogP contribution in [0.1, 0.15) is 22.7 Å². The highest BCUT2D eigenvalue weighted by Crippen LogP contribution is 2.36. The lowest BCUT2D eigenvalue weighted by Gasteiger charge is -2.30. The third-order valence-electron chi connectivity index (χ3n) is 4.56. The molecule has 3 heterocycles. The van der Waals surface area contributed by atoms with Gasteiger partial charge in [0.1, 0.15) is 6.04 Å². The first-order chi connectivity index (χ1) is 13.7. The summed E-state index contributed by atoms with van der Waals surface area (Å²) >= 11 is 0. The molecule has 0 saturated heterocycles. The number of amides is 1. The third kappa shape index (κ3) is 3.94. The van der Waals surface area contributed by atoms with Crippen LogP contribution in [-0.2, 0) is 17.9 Å². The minimum absolute atomic E-state index is 0.176. The first-order valence-corrected chi connectivity index (χ1v) is 8.91. The van der Waals surface area contributed by atoms with Crippen molar-refractivity contribution in [1.82, 2.24) is 14.9 Å². The Bertz CT molecular complexity index is 909. The Kier molecular flexibility index (Phi) is 5.16. The molecule has 28 heavy (non-hydrogen) atoms. The van der Waals surface area contributed by atoms with Gasteiger partial charge in [-0.25, -0.2) is 0 Å². The van der Waals surface area contributed by atoms with Crippen LogP contribution < -0.4 is 15.2 Å². The molecule has 7 heteroatoms. The quantitative estimate of drug-likeness (QED) is 0.681. The highest BCUT2D eigenvalue weighted by Gasteiger charge is 2.28. The second kappa shape index (κ2) is 8.06. The smallest absolute Gasteiger partial charge is 0.239 e. The third-order valence-corrected chi connectivity index (χ3v) is 4.56. The molecule has 2 aromatic heterocycles. The second-order valence-electron chi connectivity index (χ2n) is 6.55. The number of hydrogen-bond donors (Lipinski definition) is 1. The number of carbonyl (C=O) groups excluding carboxylic acids is 1. The highest BCUT2D eigenvalue weighted by atomic mass is 16.7. The van der Waals surface area contributed by atoms with E-state index >= 15 is 0 Å². The number of fused-ring (bicyclic) bond motifs is 1. The van der Waals surface area contributed by atoms with Crippen molar-refractivity contribution < 1.29 is 14.3 Å². The molecule has 7 nitrogen and oxygen atoms in total. The standard InChI is InChI=1S/C21H20N4O3/c22-21(26)20(17-5-6-18-19(9-17)28-14-27-18)25(12-15-3-1-7-23-10-15)13-16-4-2-8-24-11-16/h1-11,20H,12-14H2,(H2,22,26). The van der Waals surface area contributed by atoms with Crippen LogP contribution in [-0.4, -0.2) is 27.6 Å². The van der Waals surface area contributed by atoms with Crippen molar-refractivity contribution in [2.45, 2.75) is 19.1 Å². The largest absolute Gasteiger partial charge is 0.454 e. The van der Waals surface area contributed by atoms with Crippen molar-refractivity contribution >= 4 is 5.91 Å². The lowest BCUT2D eigenvalue weighted by molar-refractivity contribution is -0.124. The van der Waals surface area contributed by atoms with E-state index in [0.29, 0.717) is 24.6 Å². The van der Waals surface area contributed by atoms with Crippen molar-refractivity contribution in [1.29, 1.82) is 0 Å². The number of aromatic nitrogens is 2. The summed E-state index contributed by atoms with van der Waals surface area (Å²) in [4.78, 5) is 22.9. The highest BCUT2D eigenvalue weighted by molar-refractivity contribution is 5.81. The fraction of sp³-hybridized carbons (Fsp3) is 0.190. The predicted octanol–water partition coefficient (Wildman–Crippen LogP) is 2.43. The fourth-order valence-corrected chi connectivity index (χ4v) is 3.33. The molecule has 1 aliphatic rings. The van der Waals surface area contributed by atoms with Crippen molar-refractivity contribution in [2.24, 2.45) is 5.73 Å². The van der Waals surface area contributed by atoms with Crippen LogP contribution in [0, 0.1) is 0 Å². The average Bonchev–Trinajstić information content (AvgIpc) is 3.17. The molecule has 1 unspecified atom stereocenters. The molecule has 0 bridgehead atoms. The Morgan fingerprint density at radius 3 is 2.21 bits per heavy atom. The Hall–Kier alpha value is -3.45. The van der Waals surface area contributed by atoms with Crippen LogP contribution in [0.25, 0.3) is 0 Å². The summed E-state index contributed by atoms with van der Waals surface area (Å²) in [6.07, 6.45) is 7.01. The maximum atomic E-state index is 12.5. The topological polar surface area (TPSA) is 90.6 Å². The molecule has 142 valence electrons. The summed E-state index contributed by atoms with van der Waals surface area (Å²) < 4.78 is 10.8. The van der Waals surface area contributed by atoms with Gasteiger partial charge in [-0.3, -0.25) is 19.7 Å². The van der Waals surface area contributed by atoms with Gasteiger partial charge in [0.25, 0.3) is 0 Å². The molecule has 0 saturated carbocycles. The zero-order valence-corrected chi connectivity index (χ0v) is 15.2. The Morgan fingerprint density at radius 1 is 1.00 bits per heavy atom. The van der Waals surface area contributed by atoms with E-state index in [-0.39, 0.29) is 6.79 Å². The molecule has 0 spiro atoms. The van der Waals surface area contributed by atoms with Gasteiger partial charge < -0.3 is 15.2 Å². The first kappa shape index (κ1) is 17.9. The van der Waals surface area contributed by atoms with Crippen LogP contribution in [0.4, 0.5) is 0 Å². The van der Waals surface area contributed by atoms with Gasteiger partial charge in [0.2, 0.25) is 12.7 Å². The number of nitrogens with zero attached hydrogens (tertiary/aromatic N) is 3.